The van der Waals surface area contributed by atoms with Crippen molar-refractivity contribution in [3.05, 3.63) is 0 Å². The Bertz CT molecular complexity index is 796. The van der Waals surface area contributed by atoms with Crippen LogP contribution in [0.1, 0.15) is 91.4 Å². The van der Waals surface area contributed by atoms with E-state index >= 15 is 0 Å². The number of hydrogen-bond donors (Lipinski definition) is 2. The maximum atomic E-state index is 11.2. The van der Waals surface area contributed by atoms with Crippen molar-refractivity contribution in [1.29, 1.82) is 0 Å². The van der Waals surface area contributed by atoms with Gasteiger partial charge in [-0.2, -0.15) is 8.42 Å². The summed E-state index contributed by atoms with van der Waals surface area (Å²) in [6, 6.07) is 0. The lowest BCUT2D eigenvalue weighted by Gasteiger charge is -2.61. The molecule has 4 saturated carbocycles. The fourth-order valence-corrected chi connectivity index (χ4v) is 9.52. The molecule has 0 saturated heterocycles. The minimum Gasteiger partial charge on any atom is -0.481 e. The van der Waals surface area contributed by atoms with E-state index in [1.165, 1.54) is 32.1 Å². The van der Waals surface area contributed by atoms with E-state index in [0.29, 0.717) is 35.5 Å². The second kappa shape index (κ2) is 8.28. The largest absolute Gasteiger partial charge is 0.481 e. The summed E-state index contributed by atoms with van der Waals surface area (Å²) in [6.07, 6.45) is 10.4. The average Bonchev–Trinajstić information content (AvgIpc) is 3.02. The number of rotatable bonds is 6. The van der Waals surface area contributed by atoms with Crippen LogP contribution in [0, 0.1) is 46.3 Å². The highest BCUT2D eigenvalue weighted by molar-refractivity contribution is 7.80. The van der Waals surface area contributed by atoms with Gasteiger partial charge in [-0.05, 0) is 111 Å². The number of carboxylic acids is 1. The molecule has 0 bridgehead atoms. The predicted molar refractivity (Wildman–Crippen MR) is 118 cm³/mol. The highest BCUT2D eigenvalue weighted by Crippen LogP contribution is 2.68. The van der Waals surface area contributed by atoms with Crippen LogP contribution in [-0.2, 0) is 19.4 Å². The minimum absolute atomic E-state index is 0.232. The van der Waals surface area contributed by atoms with Gasteiger partial charge in [-0.3, -0.25) is 9.35 Å². The fraction of sp³-hybridized carbons (Fsp3) is 0.958. The molecule has 31 heavy (non-hydrogen) atoms. The number of aliphatic carboxylic acids is 1. The molecule has 4 aliphatic rings. The van der Waals surface area contributed by atoms with Crippen molar-refractivity contribution in [2.45, 2.75) is 97.5 Å². The van der Waals surface area contributed by atoms with Crippen LogP contribution in [0.5, 0.6) is 0 Å². The molecule has 0 aromatic rings. The first-order valence-electron chi connectivity index (χ1n) is 12.3. The number of hydrogen-bond acceptors (Lipinski definition) is 4. The normalized spacial score (nSPS) is 45.9. The van der Waals surface area contributed by atoms with Crippen molar-refractivity contribution >= 4 is 16.4 Å². The van der Waals surface area contributed by atoms with Crippen molar-refractivity contribution in [2.24, 2.45) is 46.3 Å². The molecule has 0 aromatic carbocycles. The third kappa shape index (κ3) is 4.31. The molecule has 0 radical (unpaired) electrons. The Kier molecular flexibility index (Phi) is 6.28. The van der Waals surface area contributed by atoms with Gasteiger partial charge in [0.2, 0.25) is 0 Å². The van der Waals surface area contributed by atoms with Crippen LogP contribution in [0.15, 0.2) is 0 Å². The average molecular weight is 457 g/mol. The number of fused-ring (bicyclic) bond motifs is 5. The molecule has 4 rings (SSSR count). The van der Waals surface area contributed by atoms with Gasteiger partial charge in [-0.25, -0.2) is 4.18 Å². The molecule has 178 valence electrons. The summed E-state index contributed by atoms with van der Waals surface area (Å²) < 4.78 is 36.5. The van der Waals surface area contributed by atoms with Crippen LogP contribution in [0.3, 0.4) is 0 Å². The zero-order valence-corrected chi connectivity index (χ0v) is 20.1. The second-order valence-electron chi connectivity index (χ2n) is 11.7. The Hall–Kier alpha value is -0.660. The molecule has 6 nitrogen and oxygen atoms in total. The SMILES string of the molecule is C[C@H](CCC(=O)O)C1CC[C@H]2[C@@H]3CCC4C[C@H](OS(=O)(=O)O)CC[C@]4(C)[C@H]3CC[C@]12C. The lowest BCUT2D eigenvalue weighted by molar-refractivity contribution is -0.138. The van der Waals surface area contributed by atoms with Gasteiger partial charge >= 0.3 is 16.4 Å². The van der Waals surface area contributed by atoms with Gasteiger partial charge in [0.15, 0.2) is 0 Å². The summed E-state index contributed by atoms with van der Waals surface area (Å²) in [4.78, 5) is 11.1. The molecule has 9 atom stereocenters. The smallest absolute Gasteiger partial charge is 0.397 e. The van der Waals surface area contributed by atoms with Crippen LogP contribution in [0.4, 0.5) is 0 Å². The molecular formula is C24H40O6S. The van der Waals surface area contributed by atoms with E-state index in [4.69, 9.17) is 13.8 Å². The van der Waals surface area contributed by atoms with Crippen molar-refractivity contribution in [2.75, 3.05) is 0 Å². The molecule has 0 aliphatic heterocycles. The van der Waals surface area contributed by atoms with E-state index < -0.39 is 16.4 Å². The molecule has 0 amide bonds. The first kappa shape index (κ1) is 23.5. The lowest BCUT2D eigenvalue weighted by atomic mass is 9.44. The highest BCUT2D eigenvalue weighted by Gasteiger charge is 2.60. The van der Waals surface area contributed by atoms with Crippen molar-refractivity contribution < 1.29 is 27.1 Å². The van der Waals surface area contributed by atoms with Crippen LogP contribution in [0.2, 0.25) is 0 Å². The van der Waals surface area contributed by atoms with E-state index in [0.717, 1.165) is 37.5 Å². The van der Waals surface area contributed by atoms with E-state index in [1.54, 1.807) is 0 Å². The van der Waals surface area contributed by atoms with E-state index in [-0.39, 0.29) is 17.9 Å². The Morgan fingerprint density at radius 2 is 1.71 bits per heavy atom. The summed E-state index contributed by atoms with van der Waals surface area (Å²) in [7, 11) is -4.39. The van der Waals surface area contributed by atoms with Gasteiger partial charge < -0.3 is 5.11 Å². The monoisotopic (exact) mass is 456 g/mol. The summed E-state index contributed by atoms with van der Waals surface area (Å²) in [5, 5.41) is 9.12. The fourth-order valence-electron chi connectivity index (χ4n) is 9.01. The summed E-state index contributed by atoms with van der Waals surface area (Å²) in [5.74, 6) is 3.01. The standard InChI is InChI=1S/C24H40O6S/c1-15(4-9-22(25)26)19-7-8-20-18-6-5-16-14-17(30-31(27,28)29)10-12-23(16,2)21(18)11-13-24(19,20)3/h15-21H,4-14H2,1-3H3,(H,25,26)(H,27,28,29)/t15-,16?,17-,18+,19?,20+,21+,23+,24-/m1/s1. The predicted octanol–water partition coefficient (Wildman–Crippen LogP) is 5.33. The Morgan fingerprint density at radius 3 is 2.39 bits per heavy atom. The molecule has 0 aromatic heterocycles. The topological polar surface area (TPSA) is 101 Å². The number of carbonyl (C=O) groups is 1. The second-order valence-corrected chi connectivity index (χ2v) is 12.8. The first-order chi connectivity index (χ1) is 14.4. The van der Waals surface area contributed by atoms with Crippen molar-refractivity contribution in [1.82, 2.24) is 0 Å². The zero-order valence-electron chi connectivity index (χ0n) is 19.3. The number of carboxylic acid groups (broad SMARTS) is 1. The quantitative estimate of drug-likeness (QED) is 0.524. The van der Waals surface area contributed by atoms with E-state index in [9.17, 15) is 13.2 Å². The van der Waals surface area contributed by atoms with Gasteiger partial charge in [0.1, 0.15) is 0 Å². The van der Waals surface area contributed by atoms with E-state index in [1.807, 2.05) is 0 Å². The zero-order chi connectivity index (χ0) is 22.6. The van der Waals surface area contributed by atoms with Crippen LogP contribution < -0.4 is 0 Å². The summed E-state index contributed by atoms with van der Waals surface area (Å²) in [6.45, 7) is 7.19. The van der Waals surface area contributed by atoms with Crippen LogP contribution in [-0.4, -0.2) is 30.2 Å². The van der Waals surface area contributed by atoms with Gasteiger partial charge in [0, 0.05) is 6.42 Å². The van der Waals surface area contributed by atoms with Crippen molar-refractivity contribution in [3.8, 4) is 0 Å². The van der Waals surface area contributed by atoms with E-state index in [2.05, 4.69) is 20.8 Å². The summed E-state index contributed by atoms with van der Waals surface area (Å²) in [5.41, 5.74) is 0.559. The molecule has 4 aliphatic carbocycles. The molecule has 2 unspecified atom stereocenters. The highest BCUT2D eigenvalue weighted by atomic mass is 32.3. The minimum atomic E-state index is -4.39. The Balaban J connectivity index is 1.47. The molecule has 2 N–H and O–H groups in total. The van der Waals surface area contributed by atoms with Gasteiger partial charge in [0.05, 0.1) is 6.10 Å². The van der Waals surface area contributed by atoms with Crippen LogP contribution >= 0.6 is 0 Å². The molecule has 0 heterocycles. The molecular weight excluding hydrogens is 416 g/mol. The molecule has 0 spiro atoms. The third-order valence-electron chi connectivity index (χ3n) is 10.4. The van der Waals surface area contributed by atoms with Crippen molar-refractivity contribution in [3.63, 3.8) is 0 Å². The first-order valence-corrected chi connectivity index (χ1v) is 13.7. The third-order valence-corrected chi connectivity index (χ3v) is 11.0. The summed E-state index contributed by atoms with van der Waals surface area (Å²) >= 11 is 0. The Labute approximate surface area is 187 Å². The molecule has 7 heteroatoms. The maximum absolute atomic E-state index is 11.2. The molecule has 4 fully saturated rings. The van der Waals surface area contributed by atoms with Gasteiger partial charge in [0.25, 0.3) is 0 Å². The van der Waals surface area contributed by atoms with Crippen LogP contribution in [0.25, 0.3) is 0 Å². The maximum Gasteiger partial charge on any atom is 0.397 e. The lowest BCUT2D eigenvalue weighted by Crippen LogP contribution is -2.54. The van der Waals surface area contributed by atoms with Gasteiger partial charge in [-0.1, -0.05) is 20.8 Å². The Morgan fingerprint density at radius 1 is 1.03 bits per heavy atom. The van der Waals surface area contributed by atoms with Gasteiger partial charge in [-0.15, -0.1) is 0 Å².